The van der Waals surface area contributed by atoms with Gasteiger partial charge in [-0.2, -0.15) is 0 Å². The monoisotopic (exact) mass is 382 g/mol. The fourth-order valence-corrected chi connectivity index (χ4v) is 3.19. The number of carbonyl (C=O) groups is 3. The van der Waals surface area contributed by atoms with Gasteiger partial charge in [0.2, 0.25) is 5.91 Å². The number of carbonyl (C=O) groups excluding carboxylic acids is 3. The third kappa shape index (κ3) is 3.64. The molecule has 138 valence electrons. The standard InChI is InChI=1S/C21H19ClN2O3/c1-12(2)14-6-10-17(11-7-14)24-20(26)18(19(22)21(24)27)15-4-8-16(9-5-15)23-13(3)25/h4-12H,1-3H3,(H,23,25). The van der Waals surface area contributed by atoms with Crippen LogP contribution in [0, 0.1) is 0 Å². The summed E-state index contributed by atoms with van der Waals surface area (Å²) in [4.78, 5) is 37.7. The molecule has 1 N–H and O–H groups in total. The number of imide groups is 1. The van der Waals surface area contributed by atoms with E-state index in [0.717, 1.165) is 10.5 Å². The van der Waals surface area contributed by atoms with E-state index in [1.165, 1.54) is 6.92 Å². The van der Waals surface area contributed by atoms with Crippen molar-refractivity contribution >= 4 is 46.3 Å². The Labute approximate surface area is 162 Å². The van der Waals surface area contributed by atoms with Crippen molar-refractivity contribution < 1.29 is 14.4 Å². The zero-order chi connectivity index (χ0) is 19.7. The van der Waals surface area contributed by atoms with Crippen molar-refractivity contribution in [2.45, 2.75) is 26.7 Å². The summed E-state index contributed by atoms with van der Waals surface area (Å²) in [6, 6.07) is 13.9. The summed E-state index contributed by atoms with van der Waals surface area (Å²) >= 11 is 6.21. The van der Waals surface area contributed by atoms with Gasteiger partial charge in [0, 0.05) is 12.6 Å². The molecule has 27 heavy (non-hydrogen) atoms. The average molecular weight is 383 g/mol. The van der Waals surface area contributed by atoms with Crippen molar-refractivity contribution in [1.82, 2.24) is 0 Å². The van der Waals surface area contributed by atoms with Crippen LogP contribution in [0.4, 0.5) is 11.4 Å². The maximum atomic E-state index is 12.9. The number of amides is 3. The average Bonchev–Trinajstić information content (AvgIpc) is 2.85. The molecule has 0 fully saturated rings. The van der Waals surface area contributed by atoms with Gasteiger partial charge in [-0.1, -0.05) is 49.7 Å². The fraction of sp³-hybridized carbons (Fsp3) is 0.190. The van der Waals surface area contributed by atoms with E-state index in [2.05, 4.69) is 19.2 Å². The lowest BCUT2D eigenvalue weighted by Crippen LogP contribution is -2.31. The van der Waals surface area contributed by atoms with Crippen LogP contribution in [0.15, 0.2) is 53.6 Å². The summed E-state index contributed by atoms with van der Waals surface area (Å²) in [5.74, 6) is -0.846. The number of halogens is 1. The lowest BCUT2D eigenvalue weighted by molar-refractivity contribution is -0.120. The number of nitrogens with one attached hydrogen (secondary N) is 1. The SMILES string of the molecule is CC(=O)Nc1ccc(C2=C(Cl)C(=O)N(c3ccc(C(C)C)cc3)C2=O)cc1. The van der Waals surface area contributed by atoms with Gasteiger partial charge in [-0.15, -0.1) is 0 Å². The Kier molecular flexibility index (Phi) is 5.15. The van der Waals surface area contributed by atoms with E-state index < -0.39 is 11.8 Å². The van der Waals surface area contributed by atoms with Gasteiger partial charge in [-0.25, -0.2) is 4.90 Å². The normalized spacial score (nSPS) is 14.3. The van der Waals surface area contributed by atoms with Crippen LogP contribution in [0.1, 0.15) is 37.8 Å². The van der Waals surface area contributed by atoms with Crippen LogP contribution in [-0.4, -0.2) is 17.7 Å². The van der Waals surface area contributed by atoms with Crippen LogP contribution >= 0.6 is 11.6 Å². The quantitative estimate of drug-likeness (QED) is 0.802. The molecule has 2 aromatic carbocycles. The first-order chi connectivity index (χ1) is 12.8. The number of benzene rings is 2. The molecule has 0 saturated carbocycles. The summed E-state index contributed by atoms with van der Waals surface area (Å²) in [7, 11) is 0. The molecule has 2 aromatic rings. The van der Waals surface area contributed by atoms with Gasteiger partial charge in [0.1, 0.15) is 5.03 Å². The minimum absolute atomic E-state index is 0.111. The van der Waals surface area contributed by atoms with Gasteiger partial charge in [-0.3, -0.25) is 14.4 Å². The Bertz CT molecular complexity index is 944. The molecule has 1 aliphatic heterocycles. The van der Waals surface area contributed by atoms with E-state index in [4.69, 9.17) is 11.6 Å². The van der Waals surface area contributed by atoms with E-state index >= 15 is 0 Å². The number of rotatable bonds is 4. The number of nitrogens with zero attached hydrogens (tertiary/aromatic N) is 1. The topological polar surface area (TPSA) is 66.5 Å². The summed E-state index contributed by atoms with van der Waals surface area (Å²) in [6.07, 6.45) is 0. The first-order valence-electron chi connectivity index (χ1n) is 8.56. The predicted octanol–water partition coefficient (Wildman–Crippen LogP) is 4.29. The number of anilines is 2. The second-order valence-electron chi connectivity index (χ2n) is 6.64. The predicted molar refractivity (Wildman–Crippen MR) is 107 cm³/mol. The molecule has 3 rings (SSSR count). The molecule has 1 aliphatic rings. The van der Waals surface area contributed by atoms with Crippen molar-refractivity contribution in [2.24, 2.45) is 0 Å². The van der Waals surface area contributed by atoms with Gasteiger partial charge >= 0.3 is 0 Å². The Morgan fingerprint density at radius 1 is 0.963 bits per heavy atom. The first kappa shape index (κ1) is 18.9. The van der Waals surface area contributed by atoms with Crippen molar-refractivity contribution in [1.29, 1.82) is 0 Å². The highest BCUT2D eigenvalue weighted by atomic mass is 35.5. The third-order valence-electron chi connectivity index (χ3n) is 4.34. The van der Waals surface area contributed by atoms with Crippen molar-refractivity contribution in [3.8, 4) is 0 Å². The summed E-state index contributed by atoms with van der Waals surface area (Å²) < 4.78 is 0. The molecule has 1 heterocycles. The molecule has 0 atom stereocenters. The Morgan fingerprint density at radius 3 is 2.07 bits per heavy atom. The molecular weight excluding hydrogens is 364 g/mol. The fourth-order valence-electron chi connectivity index (χ4n) is 2.92. The molecular formula is C21H19ClN2O3. The van der Waals surface area contributed by atoms with Crippen LogP contribution in [0.5, 0.6) is 0 Å². The van der Waals surface area contributed by atoms with Crippen LogP contribution in [0.3, 0.4) is 0 Å². The molecule has 0 bridgehead atoms. The largest absolute Gasteiger partial charge is 0.326 e. The molecule has 0 spiro atoms. The van der Waals surface area contributed by atoms with Gasteiger partial charge in [0.15, 0.2) is 0 Å². The molecule has 3 amide bonds. The van der Waals surface area contributed by atoms with E-state index in [9.17, 15) is 14.4 Å². The van der Waals surface area contributed by atoms with Crippen LogP contribution in [0.2, 0.25) is 0 Å². The van der Waals surface area contributed by atoms with Crippen molar-refractivity contribution in [3.63, 3.8) is 0 Å². The van der Waals surface area contributed by atoms with Gasteiger partial charge in [0.05, 0.1) is 11.3 Å². The molecule has 0 aromatic heterocycles. The summed E-state index contributed by atoms with van der Waals surface area (Å²) in [5, 5.41) is 2.54. The molecule has 0 aliphatic carbocycles. The highest BCUT2D eigenvalue weighted by Crippen LogP contribution is 2.35. The smallest absolute Gasteiger partial charge is 0.277 e. The maximum Gasteiger partial charge on any atom is 0.277 e. The third-order valence-corrected chi connectivity index (χ3v) is 4.69. The summed E-state index contributed by atoms with van der Waals surface area (Å²) in [5.41, 5.74) is 2.88. The molecule has 5 nitrogen and oxygen atoms in total. The zero-order valence-electron chi connectivity index (χ0n) is 15.2. The Hall–Kier alpha value is -2.92. The maximum absolute atomic E-state index is 12.9. The molecule has 0 unspecified atom stereocenters. The second kappa shape index (κ2) is 7.37. The minimum atomic E-state index is -0.542. The van der Waals surface area contributed by atoms with E-state index in [1.807, 2.05) is 12.1 Å². The number of hydrogen-bond acceptors (Lipinski definition) is 3. The molecule has 0 saturated heterocycles. The van der Waals surface area contributed by atoms with Gasteiger partial charge in [0.25, 0.3) is 11.8 Å². The lowest BCUT2D eigenvalue weighted by atomic mass is 10.0. The van der Waals surface area contributed by atoms with E-state index in [0.29, 0.717) is 22.9 Å². The minimum Gasteiger partial charge on any atom is -0.326 e. The van der Waals surface area contributed by atoms with E-state index in [-0.39, 0.29) is 16.5 Å². The Morgan fingerprint density at radius 2 is 1.56 bits per heavy atom. The number of hydrogen-bond donors (Lipinski definition) is 1. The van der Waals surface area contributed by atoms with E-state index in [1.54, 1.807) is 36.4 Å². The summed E-state index contributed by atoms with van der Waals surface area (Å²) in [6.45, 7) is 5.56. The molecule has 0 radical (unpaired) electrons. The second-order valence-corrected chi connectivity index (χ2v) is 7.02. The lowest BCUT2D eigenvalue weighted by Gasteiger charge is -2.16. The van der Waals surface area contributed by atoms with Crippen molar-refractivity contribution in [2.75, 3.05) is 10.2 Å². The van der Waals surface area contributed by atoms with Crippen molar-refractivity contribution in [3.05, 3.63) is 64.7 Å². The molecule has 6 heteroatoms. The first-order valence-corrected chi connectivity index (χ1v) is 8.94. The highest BCUT2D eigenvalue weighted by Gasteiger charge is 2.39. The highest BCUT2D eigenvalue weighted by molar-refractivity contribution is 6.60. The Balaban J connectivity index is 1.91. The van der Waals surface area contributed by atoms with Gasteiger partial charge < -0.3 is 5.32 Å². The van der Waals surface area contributed by atoms with Gasteiger partial charge in [-0.05, 0) is 41.3 Å². The van der Waals surface area contributed by atoms with Crippen LogP contribution < -0.4 is 10.2 Å². The van der Waals surface area contributed by atoms with Crippen LogP contribution in [0.25, 0.3) is 5.57 Å². The van der Waals surface area contributed by atoms with Crippen LogP contribution in [-0.2, 0) is 14.4 Å². The zero-order valence-corrected chi connectivity index (χ0v) is 16.0.